The van der Waals surface area contributed by atoms with Crippen molar-refractivity contribution in [3.8, 4) is 0 Å². The average Bonchev–Trinajstić information content (AvgIpc) is 2.05. The predicted molar refractivity (Wildman–Crippen MR) is 45.0 cm³/mol. The first-order valence-corrected chi connectivity index (χ1v) is 3.64. The second-order valence-corrected chi connectivity index (χ2v) is 2.56. The summed E-state index contributed by atoms with van der Waals surface area (Å²) >= 11 is 0. The molecule has 4 heteroatoms. The lowest BCUT2D eigenvalue weighted by Crippen LogP contribution is -2.20. The molecule has 0 saturated carbocycles. The van der Waals surface area contributed by atoms with Crippen LogP contribution in [0.5, 0.6) is 0 Å². The highest BCUT2D eigenvalue weighted by molar-refractivity contribution is 5.74. The highest BCUT2D eigenvalue weighted by Gasteiger charge is 2.07. The molecule has 0 unspecified atom stereocenters. The molecule has 0 aliphatic rings. The Balaban J connectivity index is 2.65. The van der Waals surface area contributed by atoms with Crippen LogP contribution in [0.3, 0.4) is 0 Å². The third-order valence-electron chi connectivity index (χ3n) is 1.56. The normalized spacial score (nSPS) is 12.4. The van der Waals surface area contributed by atoms with E-state index in [1.54, 1.807) is 24.5 Å². The summed E-state index contributed by atoms with van der Waals surface area (Å²) in [6, 6.07) is 3.23. The molecule has 1 aromatic rings. The molecule has 4 N–H and O–H groups in total. The van der Waals surface area contributed by atoms with E-state index in [2.05, 4.69) is 4.98 Å². The van der Waals surface area contributed by atoms with Gasteiger partial charge < -0.3 is 11.5 Å². The third kappa shape index (κ3) is 2.32. The van der Waals surface area contributed by atoms with E-state index in [0.717, 1.165) is 5.56 Å². The number of primary amides is 1. The van der Waals surface area contributed by atoms with Crippen LogP contribution in [0, 0.1) is 0 Å². The summed E-state index contributed by atoms with van der Waals surface area (Å²) in [5.74, 6) is -0.390. The fourth-order valence-corrected chi connectivity index (χ4v) is 0.945. The van der Waals surface area contributed by atoms with Crippen molar-refractivity contribution in [1.29, 1.82) is 0 Å². The first-order chi connectivity index (χ1) is 5.70. The summed E-state index contributed by atoms with van der Waals surface area (Å²) in [6.45, 7) is 0. The quantitative estimate of drug-likeness (QED) is 0.659. The Labute approximate surface area is 70.6 Å². The van der Waals surface area contributed by atoms with Crippen molar-refractivity contribution in [3.63, 3.8) is 0 Å². The van der Waals surface area contributed by atoms with E-state index in [1.165, 1.54) is 0 Å². The fraction of sp³-hybridized carbons (Fsp3) is 0.250. The Morgan fingerprint density at radius 1 is 1.50 bits per heavy atom. The van der Waals surface area contributed by atoms with Crippen molar-refractivity contribution >= 4 is 5.91 Å². The fourth-order valence-electron chi connectivity index (χ4n) is 0.945. The Hall–Kier alpha value is -1.42. The summed E-state index contributed by atoms with van der Waals surface area (Å²) in [7, 11) is 0. The molecule has 1 atom stereocenters. The lowest BCUT2D eigenvalue weighted by Gasteiger charge is -2.08. The summed E-state index contributed by atoms with van der Waals surface area (Å²) in [5.41, 5.74) is 11.5. The molecule has 1 heterocycles. The molecule has 0 radical (unpaired) electrons. The lowest BCUT2D eigenvalue weighted by molar-refractivity contribution is -0.118. The van der Waals surface area contributed by atoms with E-state index in [9.17, 15) is 4.79 Å². The molecule has 64 valence electrons. The number of hydrogen-bond acceptors (Lipinski definition) is 3. The molecular formula is C8H11N3O. The van der Waals surface area contributed by atoms with Crippen LogP contribution < -0.4 is 11.5 Å². The van der Waals surface area contributed by atoms with Gasteiger partial charge in [-0.2, -0.15) is 0 Å². The molecule has 1 amide bonds. The van der Waals surface area contributed by atoms with Gasteiger partial charge in [-0.3, -0.25) is 9.78 Å². The van der Waals surface area contributed by atoms with Crippen LogP contribution in [0.25, 0.3) is 0 Å². The van der Waals surface area contributed by atoms with Gasteiger partial charge in [-0.15, -0.1) is 0 Å². The molecule has 0 saturated heterocycles. The Kier molecular flexibility index (Phi) is 2.76. The van der Waals surface area contributed by atoms with Gasteiger partial charge >= 0.3 is 0 Å². The molecule has 12 heavy (non-hydrogen) atoms. The van der Waals surface area contributed by atoms with Crippen LogP contribution in [-0.4, -0.2) is 10.9 Å². The first kappa shape index (κ1) is 8.67. The zero-order valence-corrected chi connectivity index (χ0v) is 6.60. The monoisotopic (exact) mass is 165 g/mol. The largest absolute Gasteiger partial charge is 0.370 e. The SMILES string of the molecule is NC(=O)C[C@H](N)c1ccncc1. The van der Waals surface area contributed by atoms with Crippen molar-refractivity contribution < 1.29 is 4.79 Å². The average molecular weight is 165 g/mol. The molecule has 1 rings (SSSR count). The number of pyridine rings is 1. The molecule has 4 nitrogen and oxygen atoms in total. The number of amides is 1. The van der Waals surface area contributed by atoms with E-state index >= 15 is 0 Å². The van der Waals surface area contributed by atoms with Crippen molar-refractivity contribution in [2.24, 2.45) is 11.5 Å². The molecule has 0 bridgehead atoms. The number of rotatable bonds is 3. The number of aromatic nitrogens is 1. The summed E-state index contributed by atoms with van der Waals surface area (Å²) in [6.07, 6.45) is 3.44. The van der Waals surface area contributed by atoms with Crippen LogP contribution in [0.1, 0.15) is 18.0 Å². The summed E-state index contributed by atoms with van der Waals surface area (Å²) < 4.78 is 0. The van der Waals surface area contributed by atoms with E-state index < -0.39 is 0 Å². The van der Waals surface area contributed by atoms with Crippen LogP contribution in [0.15, 0.2) is 24.5 Å². The van der Waals surface area contributed by atoms with Crippen LogP contribution >= 0.6 is 0 Å². The summed E-state index contributed by atoms with van der Waals surface area (Å²) in [5, 5.41) is 0. The van der Waals surface area contributed by atoms with E-state index in [-0.39, 0.29) is 18.4 Å². The molecule has 0 aliphatic carbocycles. The molecule has 0 fully saturated rings. The van der Waals surface area contributed by atoms with Gasteiger partial charge in [-0.25, -0.2) is 0 Å². The van der Waals surface area contributed by atoms with Crippen molar-refractivity contribution in [2.75, 3.05) is 0 Å². The topological polar surface area (TPSA) is 82.0 Å². The Bertz CT molecular complexity index is 260. The van der Waals surface area contributed by atoms with Gasteiger partial charge in [-0.05, 0) is 17.7 Å². The van der Waals surface area contributed by atoms with Crippen molar-refractivity contribution in [2.45, 2.75) is 12.5 Å². The first-order valence-electron chi connectivity index (χ1n) is 3.64. The number of nitrogens with zero attached hydrogens (tertiary/aromatic N) is 1. The van der Waals surface area contributed by atoms with Gasteiger partial charge in [-0.1, -0.05) is 0 Å². The number of nitrogens with two attached hydrogens (primary N) is 2. The molecule has 0 spiro atoms. The second kappa shape index (κ2) is 3.82. The van der Waals surface area contributed by atoms with Crippen LogP contribution in [0.4, 0.5) is 0 Å². The van der Waals surface area contributed by atoms with Gasteiger partial charge in [0.25, 0.3) is 0 Å². The standard InChI is InChI=1S/C8H11N3O/c9-7(5-8(10)12)6-1-3-11-4-2-6/h1-4,7H,5,9H2,(H2,10,12)/t7-/m0/s1. The van der Waals surface area contributed by atoms with Gasteiger partial charge in [0.05, 0.1) is 0 Å². The Morgan fingerprint density at radius 3 is 2.58 bits per heavy atom. The van der Waals surface area contributed by atoms with Gasteiger partial charge in [0.2, 0.25) is 5.91 Å². The molecule has 0 aromatic carbocycles. The highest BCUT2D eigenvalue weighted by atomic mass is 16.1. The number of carbonyl (C=O) groups is 1. The highest BCUT2D eigenvalue weighted by Crippen LogP contribution is 2.11. The van der Waals surface area contributed by atoms with E-state index in [1.807, 2.05) is 0 Å². The van der Waals surface area contributed by atoms with Gasteiger partial charge in [0.1, 0.15) is 0 Å². The number of hydrogen-bond donors (Lipinski definition) is 2. The van der Waals surface area contributed by atoms with Crippen LogP contribution in [0.2, 0.25) is 0 Å². The zero-order valence-electron chi connectivity index (χ0n) is 6.60. The third-order valence-corrected chi connectivity index (χ3v) is 1.56. The Morgan fingerprint density at radius 2 is 2.08 bits per heavy atom. The van der Waals surface area contributed by atoms with E-state index in [4.69, 9.17) is 11.5 Å². The molecule has 0 aliphatic heterocycles. The number of carbonyl (C=O) groups excluding carboxylic acids is 1. The maximum atomic E-state index is 10.5. The predicted octanol–water partition coefficient (Wildman–Crippen LogP) is -0.0432. The molecule has 1 aromatic heterocycles. The maximum Gasteiger partial charge on any atom is 0.219 e. The minimum absolute atomic E-state index is 0.171. The molecular weight excluding hydrogens is 154 g/mol. The minimum atomic E-state index is -0.390. The van der Waals surface area contributed by atoms with Crippen LogP contribution in [-0.2, 0) is 4.79 Å². The van der Waals surface area contributed by atoms with E-state index in [0.29, 0.717) is 0 Å². The maximum absolute atomic E-state index is 10.5. The second-order valence-electron chi connectivity index (χ2n) is 2.56. The lowest BCUT2D eigenvalue weighted by atomic mass is 10.1. The summed E-state index contributed by atoms with van der Waals surface area (Å²) in [4.78, 5) is 14.3. The van der Waals surface area contributed by atoms with Crippen molar-refractivity contribution in [1.82, 2.24) is 4.98 Å². The smallest absolute Gasteiger partial charge is 0.219 e. The van der Waals surface area contributed by atoms with Gasteiger partial charge in [0.15, 0.2) is 0 Å². The van der Waals surface area contributed by atoms with Crippen molar-refractivity contribution in [3.05, 3.63) is 30.1 Å². The minimum Gasteiger partial charge on any atom is -0.370 e. The van der Waals surface area contributed by atoms with Gasteiger partial charge in [0, 0.05) is 24.9 Å². The zero-order chi connectivity index (χ0) is 8.97.